The van der Waals surface area contributed by atoms with Gasteiger partial charge in [0.05, 0.1) is 0 Å². The van der Waals surface area contributed by atoms with Gasteiger partial charge < -0.3 is 0 Å². The Labute approximate surface area is 79.9 Å². The molecule has 0 spiro atoms. The summed E-state index contributed by atoms with van der Waals surface area (Å²) in [6.07, 6.45) is 2.74. The van der Waals surface area contributed by atoms with Crippen LogP contribution in [0.25, 0.3) is 0 Å². The summed E-state index contributed by atoms with van der Waals surface area (Å²) < 4.78 is 0. The molecule has 0 aliphatic carbocycles. The van der Waals surface area contributed by atoms with Crippen LogP contribution in [0, 0.1) is 10.8 Å². The first-order chi connectivity index (χ1) is 5.12. The SMILES string of the molecule is CP(C)CC(C)(C)CC(C)(C)C. The standard InChI is InChI=1S/C11H25P/c1-10(2,3)8-11(4,5)9-12(6)7/h8-9H2,1-7H3. The lowest BCUT2D eigenvalue weighted by atomic mass is 9.77. The van der Waals surface area contributed by atoms with E-state index in [0.717, 1.165) is 0 Å². The molecule has 0 atom stereocenters. The zero-order valence-corrected chi connectivity index (χ0v) is 10.8. The second-order valence-corrected chi connectivity index (χ2v) is 8.61. The minimum absolute atomic E-state index is 0.259. The van der Waals surface area contributed by atoms with Gasteiger partial charge in [-0.25, -0.2) is 0 Å². The summed E-state index contributed by atoms with van der Waals surface area (Å²) in [5.41, 5.74) is 1.02. The molecule has 0 heterocycles. The van der Waals surface area contributed by atoms with Crippen molar-refractivity contribution in [2.45, 2.75) is 41.0 Å². The summed E-state index contributed by atoms with van der Waals surface area (Å²) in [6.45, 7) is 16.6. The second-order valence-electron chi connectivity index (χ2n) is 6.14. The van der Waals surface area contributed by atoms with Gasteiger partial charge in [-0.2, -0.15) is 0 Å². The van der Waals surface area contributed by atoms with E-state index in [1.807, 2.05) is 0 Å². The molecule has 0 amide bonds. The van der Waals surface area contributed by atoms with Crippen molar-refractivity contribution in [3.63, 3.8) is 0 Å². The van der Waals surface area contributed by atoms with Crippen molar-refractivity contribution in [2.75, 3.05) is 19.5 Å². The van der Waals surface area contributed by atoms with Crippen molar-refractivity contribution in [2.24, 2.45) is 10.8 Å². The predicted molar refractivity (Wildman–Crippen MR) is 61.5 cm³/mol. The molecule has 0 saturated carbocycles. The topological polar surface area (TPSA) is 0 Å². The van der Waals surface area contributed by atoms with Crippen molar-refractivity contribution < 1.29 is 0 Å². The molecule has 0 aromatic rings. The van der Waals surface area contributed by atoms with E-state index in [1.165, 1.54) is 12.6 Å². The van der Waals surface area contributed by atoms with Gasteiger partial charge in [0.2, 0.25) is 0 Å². The third-order valence-electron chi connectivity index (χ3n) is 1.75. The normalized spacial score (nSPS) is 14.0. The zero-order chi connectivity index (χ0) is 9.99. The zero-order valence-electron chi connectivity index (χ0n) is 9.86. The Morgan fingerprint density at radius 3 is 1.58 bits per heavy atom. The summed E-state index contributed by atoms with van der Waals surface area (Å²) in [5.74, 6) is 0. The average molecular weight is 188 g/mol. The van der Waals surface area contributed by atoms with Gasteiger partial charge in [0.25, 0.3) is 0 Å². The Balaban J connectivity index is 4.04. The number of hydrogen-bond donors (Lipinski definition) is 0. The van der Waals surface area contributed by atoms with E-state index in [4.69, 9.17) is 0 Å². The van der Waals surface area contributed by atoms with Crippen molar-refractivity contribution in [3.8, 4) is 0 Å². The molecule has 1 heteroatoms. The van der Waals surface area contributed by atoms with E-state index in [0.29, 0.717) is 10.8 Å². The van der Waals surface area contributed by atoms with E-state index in [2.05, 4.69) is 47.9 Å². The maximum absolute atomic E-state index is 2.40. The Hall–Kier alpha value is 0.430. The van der Waals surface area contributed by atoms with E-state index in [1.54, 1.807) is 0 Å². The fourth-order valence-corrected chi connectivity index (χ4v) is 4.17. The van der Waals surface area contributed by atoms with Crippen LogP contribution in [0.4, 0.5) is 0 Å². The molecule has 0 aliphatic rings. The lowest BCUT2D eigenvalue weighted by Crippen LogP contribution is -2.23. The minimum Gasteiger partial charge on any atom is -0.113 e. The summed E-state index contributed by atoms with van der Waals surface area (Å²) >= 11 is 0. The quantitative estimate of drug-likeness (QED) is 0.582. The van der Waals surface area contributed by atoms with Crippen LogP contribution in [0.1, 0.15) is 41.0 Å². The number of rotatable bonds is 3. The van der Waals surface area contributed by atoms with Gasteiger partial charge in [0, 0.05) is 0 Å². The first kappa shape index (κ1) is 12.4. The van der Waals surface area contributed by atoms with Crippen LogP contribution in [0.5, 0.6) is 0 Å². The lowest BCUT2D eigenvalue weighted by Gasteiger charge is -2.33. The molecule has 0 nitrogen and oxygen atoms in total. The van der Waals surface area contributed by atoms with Gasteiger partial charge in [-0.3, -0.25) is 0 Å². The van der Waals surface area contributed by atoms with Crippen molar-refractivity contribution >= 4 is 7.92 Å². The van der Waals surface area contributed by atoms with Gasteiger partial charge in [-0.1, -0.05) is 34.6 Å². The molecule has 0 aromatic heterocycles. The van der Waals surface area contributed by atoms with Gasteiger partial charge in [-0.05, 0) is 36.7 Å². The van der Waals surface area contributed by atoms with Crippen LogP contribution >= 0.6 is 7.92 Å². The number of hydrogen-bond acceptors (Lipinski definition) is 0. The molecule has 0 aromatic carbocycles. The van der Waals surface area contributed by atoms with Gasteiger partial charge >= 0.3 is 0 Å². The highest BCUT2D eigenvalue weighted by Crippen LogP contribution is 2.41. The lowest BCUT2D eigenvalue weighted by molar-refractivity contribution is 0.237. The Morgan fingerprint density at radius 1 is 0.917 bits per heavy atom. The second kappa shape index (κ2) is 4.09. The summed E-state index contributed by atoms with van der Waals surface area (Å²) in [5, 5.41) is 0. The van der Waals surface area contributed by atoms with E-state index in [9.17, 15) is 0 Å². The predicted octanol–water partition coefficient (Wildman–Crippen LogP) is 4.19. The largest absolute Gasteiger partial charge is 0.113 e. The Morgan fingerprint density at radius 2 is 1.33 bits per heavy atom. The molecule has 0 bridgehead atoms. The van der Waals surface area contributed by atoms with E-state index >= 15 is 0 Å². The van der Waals surface area contributed by atoms with Crippen molar-refractivity contribution in [1.29, 1.82) is 0 Å². The van der Waals surface area contributed by atoms with Gasteiger partial charge in [-0.15, -0.1) is 7.92 Å². The molecular formula is C11H25P. The van der Waals surface area contributed by atoms with Gasteiger partial charge in [0.15, 0.2) is 0 Å². The smallest absolute Gasteiger partial charge is 0.0279 e. The fraction of sp³-hybridized carbons (Fsp3) is 1.00. The van der Waals surface area contributed by atoms with Crippen molar-refractivity contribution in [3.05, 3.63) is 0 Å². The van der Waals surface area contributed by atoms with Crippen LogP contribution in [-0.2, 0) is 0 Å². The molecule has 0 fully saturated rings. The van der Waals surface area contributed by atoms with Crippen LogP contribution < -0.4 is 0 Å². The third-order valence-corrected chi connectivity index (χ3v) is 3.24. The average Bonchev–Trinajstić information content (AvgIpc) is 1.48. The monoisotopic (exact) mass is 188 g/mol. The first-order valence-corrected chi connectivity index (χ1v) is 7.19. The van der Waals surface area contributed by atoms with E-state index < -0.39 is 0 Å². The Kier molecular flexibility index (Phi) is 4.24. The molecule has 0 radical (unpaired) electrons. The van der Waals surface area contributed by atoms with Crippen LogP contribution in [0.3, 0.4) is 0 Å². The minimum atomic E-state index is 0.259. The summed E-state index contributed by atoms with van der Waals surface area (Å²) in [6, 6.07) is 0. The fourth-order valence-electron chi connectivity index (χ4n) is 2.35. The van der Waals surface area contributed by atoms with Crippen LogP contribution in [0.15, 0.2) is 0 Å². The molecule has 0 saturated heterocycles. The maximum atomic E-state index is 2.40. The van der Waals surface area contributed by atoms with Crippen LogP contribution in [-0.4, -0.2) is 19.5 Å². The third kappa shape index (κ3) is 7.10. The highest BCUT2D eigenvalue weighted by Gasteiger charge is 2.25. The Bertz CT molecular complexity index is 128. The molecule has 12 heavy (non-hydrogen) atoms. The summed E-state index contributed by atoms with van der Waals surface area (Å²) in [4.78, 5) is 0. The summed E-state index contributed by atoms with van der Waals surface area (Å²) in [7, 11) is 0.259. The van der Waals surface area contributed by atoms with Gasteiger partial charge in [0.1, 0.15) is 0 Å². The van der Waals surface area contributed by atoms with Crippen molar-refractivity contribution in [1.82, 2.24) is 0 Å². The molecule has 0 N–H and O–H groups in total. The molecule has 0 unspecified atom stereocenters. The molecule has 0 rings (SSSR count). The highest BCUT2D eigenvalue weighted by atomic mass is 31.1. The van der Waals surface area contributed by atoms with Crippen LogP contribution in [0.2, 0.25) is 0 Å². The molecule has 0 aliphatic heterocycles. The maximum Gasteiger partial charge on any atom is -0.0279 e. The molecule has 74 valence electrons. The first-order valence-electron chi connectivity index (χ1n) is 4.77. The molecular weight excluding hydrogens is 163 g/mol. The van der Waals surface area contributed by atoms with E-state index in [-0.39, 0.29) is 7.92 Å². The highest BCUT2D eigenvalue weighted by molar-refractivity contribution is 7.56.